The van der Waals surface area contributed by atoms with Gasteiger partial charge in [0, 0.05) is 39.0 Å². The highest BCUT2D eigenvalue weighted by Crippen LogP contribution is 2.25. The summed E-state index contributed by atoms with van der Waals surface area (Å²) in [4.78, 5) is 11.3. The van der Waals surface area contributed by atoms with Crippen LogP contribution in [0.5, 0.6) is 0 Å². The lowest BCUT2D eigenvalue weighted by Gasteiger charge is -2.30. The Morgan fingerprint density at radius 2 is 2.29 bits per heavy atom. The van der Waals surface area contributed by atoms with E-state index in [9.17, 15) is 0 Å². The molecule has 0 saturated carbocycles. The zero-order valence-corrected chi connectivity index (χ0v) is 14.6. The van der Waals surface area contributed by atoms with Gasteiger partial charge in [-0.2, -0.15) is 4.98 Å². The van der Waals surface area contributed by atoms with Crippen LogP contribution < -0.4 is 0 Å². The van der Waals surface area contributed by atoms with Crippen molar-refractivity contribution in [2.45, 2.75) is 45.1 Å². The van der Waals surface area contributed by atoms with Crippen LogP contribution in [0.4, 0.5) is 0 Å². The second-order valence-corrected chi connectivity index (χ2v) is 6.45. The minimum atomic E-state index is 0.359. The third-order valence-corrected chi connectivity index (χ3v) is 4.67. The Morgan fingerprint density at radius 1 is 1.38 bits per heavy atom. The maximum absolute atomic E-state index is 5.47. The molecule has 24 heavy (non-hydrogen) atoms. The van der Waals surface area contributed by atoms with Gasteiger partial charge in [0.15, 0.2) is 5.82 Å². The highest BCUT2D eigenvalue weighted by atomic mass is 16.5. The fraction of sp³-hybridized carbons (Fsp3) is 0.706. The van der Waals surface area contributed by atoms with Gasteiger partial charge in [-0.3, -0.25) is 0 Å². The first-order valence-electron chi connectivity index (χ1n) is 8.78. The number of methoxy groups -OCH3 is 1. The quantitative estimate of drug-likeness (QED) is 0.736. The van der Waals surface area contributed by atoms with Crippen LogP contribution in [-0.4, -0.2) is 57.9 Å². The Kier molecular flexibility index (Phi) is 5.98. The molecule has 0 N–H and O–H groups in total. The molecule has 1 atom stereocenters. The van der Waals surface area contributed by atoms with Gasteiger partial charge in [-0.05, 0) is 39.3 Å². The van der Waals surface area contributed by atoms with Gasteiger partial charge in [-0.1, -0.05) is 5.16 Å². The number of hydrogen-bond donors (Lipinski definition) is 0. The van der Waals surface area contributed by atoms with Crippen LogP contribution in [0.25, 0.3) is 0 Å². The molecule has 0 spiro atoms. The summed E-state index contributed by atoms with van der Waals surface area (Å²) in [7, 11) is 1.69. The Bertz CT molecular complexity index is 624. The monoisotopic (exact) mass is 333 g/mol. The van der Waals surface area contributed by atoms with Crippen LogP contribution in [0.1, 0.15) is 42.7 Å². The van der Waals surface area contributed by atoms with E-state index in [0.717, 1.165) is 56.6 Å². The van der Waals surface area contributed by atoms with Gasteiger partial charge in [0.2, 0.25) is 5.89 Å². The molecule has 2 aromatic heterocycles. The van der Waals surface area contributed by atoms with E-state index in [1.54, 1.807) is 7.11 Å². The number of nitrogens with zero attached hydrogens (tertiary/aromatic N) is 5. The smallest absolute Gasteiger partial charge is 0.231 e. The van der Waals surface area contributed by atoms with E-state index in [1.807, 2.05) is 19.3 Å². The van der Waals surface area contributed by atoms with Gasteiger partial charge < -0.3 is 18.7 Å². The third kappa shape index (κ3) is 4.42. The van der Waals surface area contributed by atoms with E-state index in [2.05, 4.69) is 24.6 Å². The summed E-state index contributed by atoms with van der Waals surface area (Å²) in [5.41, 5.74) is 0. The number of ether oxygens (including phenoxy) is 1. The molecule has 2 aromatic rings. The Hall–Kier alpha value is -1.73. The van der Waals surface area contributed by atoms with Crippen molar-refractivity contribution in [2.24, 2.45) is 0 Å². The zero-order valence-electron chi connectivity index (χ0n) is 14.6. The number of hydrogen-bond acceptors (Lipinski definition) is 6. The van der Waals surface area contributed by atoms with Crippen molar-refractivity contribution in [3.63, 3.8) is 0 Å². The van der Waals surface area contributed by atoms with Gasteiger partial charge in [0.25, 0.3) is 0 Å². The van der Waals surface area contributed by atoms with Gasteiger partial charge in [0.1, 0.15) is 5.82 Å². The van der Waals surface area contributed by atoms with Crippen molar-refractivity contribution >= 4 is 0 Å². The van der Waals surface area contributed by atoms with Crippen molar-refractivity contribution in [1.82, 2.24) is 24.6 Å². The van der Waals surface area contributed by atoms with E-state index >= 15 is 0 Å². The van der Waals surface area contributed by atoms with Crippen LogP contribution in [-0.2, 0) is 17.7 Å². The SMILES string of the molecule is COCCc1noc(C2CCCN(CCCn3ccnc3C)C2)n1. The van der Waals surface area contributed by atoms with Crippen molar-refractivity contribution in [3.05, 3.63) is 29.9 Å². The fourth-order valence-corrected chi connectivity index (χ4v) is 3.29. The Balaban J connectivity index is 1.47. The highest BCUT2D eigenvalue weighted by Gasteiger charge is 2.25. The molecule has 1 unspecified atom stereocenters. The minimum absolute atomic E-state index is 0.359. The average Bonchev–Trinajstić information content (AvgIpc) is 3.23. The topological polar surface area (TPSA) is 69.2 Å². The molecule has 1 saturated heterocycles. The summed E-state index contributed by atoms with van der Waals surface area (Å²) < 4.78 is 12.7. The molecule has 3 heterocycles. The number of rotatable bonds is 8. The zero-order chi connectivity index (χ0) is 16.8. The molecule has 132 valence electrons. The number of aryl methyl sites for hydroxylation is 2. The summed E-state index contributed by atoms with van der Waals surface area (Å²) >= 11 is 0. The molecule has 1 aliphatic rings. The van der Waals surface area contributed by atoms with Crippen molar-refractivity contribution < 1.29 is 9.26 Å². The lowest BCUT2D eigenvalue weighted by molar-refractivity contribution is 0.182. The Morgan fingerprint density at radius 3 is 3.08 bits per heavy atom. The summed E-state index contributed by atoms with van der Waals surface area (Å²) in [5.74, 6) is 2.98. The first-order valence-corrected chi connectivity index (χ1v) is 8.78. The first kappa shape index (κ1) is 17.1. The van der Waals surface area contributed by atoms with Crippen molar-refractivity contribution in [1.29, 1.82) is 0 Å². The van der Waals surface area contributed by atoms with Crippen LogP contribution in [0.3, 0.4) is 0 Å². The van der Waals surface area contributed by atoms with E-state index in [1.165, 1.54) is 6.42 Å². The van der Waals surface area contributed by atoms with Gasteiger partial charge in [0.05, 0.1) is 12.5 Å². The second-order valence-electron chi connectivity index (χ2n) is 6.45. The van der Waals surface area contributed by atoms with Gasteiger partial charge in [-0.15, -0.1) is 0 Å². The predicted molar refractivity (Wildman–Crippen MR) is 89.9 cm³/mol. The molecule has 1 aliphatic heterocycles. The molecule has 7 heteroatoms. The van der Waals surface area contributed by atoms with Crippen LogP contribution in [0, 0.1) is 6.92 Å². The van der Waals surface area contributed by atoms with Crippen molar-refractivity contribution in [3.8, 4) is 0 Å². The third-order valence-electron chi connectivity index (χ3n) is 4.67. The fourth-order valence-electron chi connectivity index (χ4n) is 3.29. The largest absolute Gasteiger partial charge is 0.384 e. The van der Waals surface area contributed by atoms with E-state index in [0.29, 0.717) is 18.9 Å². The maximum atomic E-state index is 5.47. The first-order chi connectivity index (χ1) is 11.8. The van der Waals surface area contributed by atoms with E-state index < -0.39 is 0 Å². The molecule has 1 fully saturated rings. The number of aromatic nitrogens is 4. The summed E-state index contributed by atoms with van der Waals surface area (Å²) in [5, 5.41) is 4.06. The minimum Gasteiger partial charge on any atom is -0.384 e. The lowest BCUT2D eigenvalue weighted by atomic mass is 9.98. The normalized spacial score (nSPS) is 19.0. The maximum Gasteiger partial charge on any atom is 0.231 e. The summed E-state index contributed by atoms with van der Waals surface area (Å²) in [6.07, 6.45) is 8.07. The van der Waals surface area contributed by atoms with Gasteiger partial charge >= 0.3 is 0 Å². The molecule has 7 nitrogen and oxygen atoms in total. The number of likely N-dealkylation sites (tertiary alicyclic amines) is 1. The van der Waals surface area contributed by atoms with Crippen LogP contribution >= 0.6 is 0 Å². The van der Waals surface area contributed by atoms with E-state index in [-0.39, 0.29) is 0 Å². The van der Waals surface area contributed by atoms with E-state index in [4.69, 9.17) is 9.26 Å². The summed E-state index contributed by atoms with van der Waals surface area (Å²) in [6.45, 7) is 6.96. The lowest BCUT2D eigenvalue weighted by Crippen LogP contribution is -2.35. The molecule has 0 amide bonds. The average molecular weight is 333 g/mol. The molecule has 0 radical (unpaired) electrons. The second kappa shape index (κ2) is 8.39. The highest BCUT2D eigenvalue weighted by molar-refractivity contribution is 4.97. The van der Waals surface area contributed by atoms with Crippen LogP contribution in [0.2, 0.25) is 0 Å². The standard InChI is InChI=1S/C17H27N5O2/c1-14-18-7-11-22(14)10-4-9-21-8-3-5-15(13-21)17-19-16(20-24-17)6-12-23-2/h7,11,15H,3-6,8-10,12-13H2,1-2H3. The Labute approximate surface area is 143 Å². The summed E-state index contributed by atoms with van der Waals surface area (Å²) in [6, 6.07) is 0. The molecule has 0 aliphatic carbocycles. The molecule has 3 rings (SSSR count). The van der Waals surface area contributed by atoms with Crippen LogP contribution in [0.15, 0.2) is 16.9 Å². The van der Waals surface area contributed by atoms with Gasteiger partial charge in [-0.25, -0.2) is 4.98 Å². The number of piperidine rings is 1. The van der Waals surface area contributed by atoms with Crippen molar-refractivity contribution in [2.75, 3.05) is 33.4 Å². The molecule has 0 bridgehead atoms. The molecular formula is C17H27N5O2. The predicted octanol–water partition coefficient (Wildman–Crippen LogP) is 2.03. The molecule has 0 aromatic carbocycles. The molecular weight excluding hydrogens is 306 g/mol. The number of imidazole rings is 1.